The molecule has 2 aliphatic heterocycles. The second-order valence-electron chi connectivity index (χ2n) is 7.59. The van der Waals surface area contributed by atoms with Crippen molar-refractivity contribution in [3.8, 4) is 0 Å². The van der Waals surface area contributed by atoms with Gasteiger partial charge in [-0.05, 0) is 56.9 Å². The fraction of sp³-hybridized carbons (Fsp3) is 0.684. The molecule has 3 rings (SSSR count). The lowest BCUT2D eigenvalue weighted by molar-refractivity contribution is -0.125. The number of rotatable bonds is 8. The van der Waals surface area contributed by atoms with Gasteiger partial charge in [-0.2, -0.15) is 0 Å². The molecule has 0 atom stereocenters. The number of aromatic amines is 1. The second kappa shape index (κ2) is 8.22. The Hall–Kier alpha value is -1.86. The van der Waals surface area contributed by atoms with Crippen molar-refractivity contribution in [2.45, 2.75) is 44.6 Å². The van der Waals surface area contributed by atoms with Gasteiger partial charge in [0.25, 0.3) is 5.91 Å². The lowest BCUT2D eigenvalue weighted by atomic mass is 9.93. The highest BCUT2D eigenvalue weighted by molar-refractivity contribution is 5.93. The minimum Gasteiger partial charge on any atom is -0.384 e. The van der Waals surface area contributed by atoms with Gasteiger partial charge >= 0.3 is 0 Å². The van der Waals surface area contributed by atoms with E-state index in [4.69, 9.17) is 0 Å². The highest BCUT2D eigenvalue weighted by Crippen LogP contribution is 2.22. The van der Waals surface area contributed by atoms with Crippen LogP contribution in [0, 0.1) is 0 Å². The van der Waals surface area contributed by atoms with Crippen LogP contribution in [0.3, 0.4) is 0 Å². The smallest absolute Gasteiger partial charge is 0.270 e. The molecule has 0 spiro atoms. The minimum atomic E-state index is -1.01. The first-order valence-corrected chi connectivity index (χ1v) is 9.67. The third kappa shape index (κ3) is 4.65. The quantitative estimate of drug-likeness (QED) is 0.637. The van der Waals surface area contributed by atoms with Crippen molar-refractivity contribution in [1.29, 1.82) is 0 Å². The van der Waals surface area contributed by atoms with Crippen molar-refractivity contribution >= 4 is 11.8 Å². The largest absolute Gasteiger partial charge is 0.384 e. The Bertz CT molecular complexity index is 630. The molecule has 26 heavy (non-hydrogen) atoms. The summed E-state index contributed by atoms with van der Waals surface area (Å²) >= 11 is 0. The van der Waals surface area contributed by atoms with Crippen LogP contribution >= 0.6 is 0 Å². The fourth-order valence-electron chi connectivity index (χ4n) is 3.68. The van der Waals surface area contributed by atoms with Gasteiger partial charge in [0.1, 0.15) is 11.3 Å². The van der Waals surface area contributed by atoms with E-state index in [1.54, 1.807) is 4.90 Å². The SMILES string of the molecule is CCc1c[nH]c(C(=O)N2CC(O)(CNC(=O)CCCN3CCCC3)C2)c1. The summed E-state index contributed by atoms with van der Waals surface area (Å²) < 4.78 is 0. The van der Waals surface area contributed by atoms with Gasteiger partial charge in [0.2, 0.25) is 5.91 Å². The van der Waals surface area contributed by atoms with Crippen LogP contribution < -0.4 is 5.32 Å². The molecule has 2 aliphatic rings. The summed E-state index contributed by atoms with van der Waals surface area (Å²) in [4.78, 5) is 31.3. The summed E-state index contributed by atoms with van der Waals surface area (Å²) in [6.07, 6.45) is 6.56. The van der Waals surface area contributed by atoms with Crippen LogP contribution in [0.5, 0.6) is 0 Å². The normalized spacial score (nSPS) is 19.4. The summed E-state index contributed by atoms with van der Waals surface area (Å²) in [6.45, 7) is 5.99. The van der Waals surface area contributed by atoms with E-state index in [2.05, 4.69) is 15.2 Å². The van der Waals surface area contributed by atoms with Crippen LogP contribution in [0.1, 0.15) is 48.7 Å². The molecule has 144 valence electrons. The van der Waals surface area contributed by atoms with Gasteiger partial charge in [-0.25, -0.2) is 0 Å². The van der Waals surface area contributed by atoms with Crippen molar-refractivity contribution in [2.24, 2.45) is 0 Å². The molecule has 0 radical (unpaired) electrons. The number of carbonyl (C=O) groups is 2. The average molecular weight is 362 g/mol. The Labute approximate surface area is 154 Å². The number of H-pyrrole nitrogens is 1. The van der Waals surface area contributed by atoms with Crippen molar-refractivity contribution in [2.75, 3.05) is 39.3 Å². The number of nitrogens with zero attached hydrogens (tertiary/aromatic N) is 2. The lowest BCUT2D eigenvalue weighted by Gasteiger charge is -2.46. The van der Waals surface area contributed by atoms with Gasteiger partial charge in [0.15, 0.2) is 0 Å². The maximum atomic E-state index is 12.3. The molecule has 3 heterocycles. The zero-order valence-electron chi connectivity index (χ0n) is 15.6. The molecule has 7 heteroatoms. The molecule has 0 aliphatic carbocycles. The molecule has 3 N–H and O–H groups in total. The monoisotopic (exact) mass is 362 g/mol. The number of nitrogens with one attached hydrogen (secondary N) is 2. The standard InChI is InChI=1S/C19H30N4O3/c1-2-15-10-16(20-11-15)18(25)23-13-19(26,14-23)12-21-17(24)6-5-9-22-7-3-4-8-22/h10-11,20,26H,2-9,12-14H2,1H3,(H,21,24). The molecular weight excluding hydrogens is 332 g/mol. The Balaban J connectivity index is 1.34. The van der Waals surface area contributed by atoms with Crippen molar-refractivity contribution < 1.29 is 14.7 Å². The molecule has 0 saturated carbocycles. The van der Waals surface area contributed by atoms with E-state index in [0.717, 1.165) is 38.0 Å². The molecule has 1 aromatic rings. The second-order valence-corrected chi connectivity index (χ2v) is 7.59. The van der Waals surface area contributed by atoms with E-state index in [-0.39, 0.29) is 31.4 Å². The number of hydrogen-bond acceptors (Lipinski definition) is 4. The number of β-amino-alcohol motifs (C(OH)–C–C–N with tert-alkyl or cyclic N) is 1. The molecule has 2 amide bonds. The number of amides is 2. The molecule has 2 fully saturated rings. The van der Waals surface area contributed by atoms with Gasteiger partial charge in [-0.3, -0.25) is 9.59 Å². The highest BCUT2D eigenvalue weighted by atomic mass is 16.3. The van der Waals surface area contributed by atoms with Crippen LogP contribution in [0.4, 0.5) is 0 Å². The molecular formula is C19H30N4O3. The number of likely N-dealkylation sites (tertiary alicyclic amines) is 2. The first kappa shape index (κ1) is 18.9. The molecule has 0 bridgehead atoms. The fourth-order valence-corrected chi connectivity index (χ4v) is 3.68. The zero-order chi connectivity index (χ0) is 18.6. The number of hydrogen-bond donors (Lipinski definition) is 3. The van der Waals surface area contributed by atoms with Crippen molar-refractivity contribution in [1.82, 2.24) is 20.1 Å². The lowest BCUT2D eigenvalue weighted by Crippen LogP contribution is -2.67. The summed E-state index contributed by atoms with van der Waals surface area (Å²) in [6, 6.07) is 1.85. The van der Waals surface area contributed by atoms with Crippen LogP contribution in [0.2, 0.25) is 0 Å². The van der Waals surface area contributed by atoms with Crippen LogP contribution in [0.15, 0.2) is 12.3 Å². The Morgan fingerprint density at radius 2 is 2.04 bits per heavy atom. The molecule has 7 nitrogen and oxygen atoms in total. The molecule has 0 aromatic carbocycles. The van der Waals surface area contributed by atoms with Crippen LogP contribution in [-0.4, -0.2) is 76.6 Å². The predicted molar refractivity (Wildman–Crippen MR) is 98.9 cm³/mol. The highest BCUT2D eigenvalue weighted by Gasteiger charge is 2.44. The van der Waals surface area contributed by atoms with E-state index in [1.807, 2.05) is 19.2 Å². The van der Waals surface area contributed by atoms with Gasteiger partial charge in [-0.15, -0.1) is 0 Å². The number of carbonyl (C=O) groups excluding carboxylic acids is 2. The average Bonchev–Trinajstić information content (AvgIpc) is 3.28. The summed E-state index contributed by atoms with van der Waals surface area (Å²) in [5.41, 5.74) is 0.626. The van der Waals surface area contributed by atoms with Crippen LogP contribution in [-0.2, 0) is 11.2 Å². The van der Waals surface area contributed by atoms with E-state index in [0.29, 0.717) is 12.1 Å². The summed E-state index contributed by atoms with van der Waals surface area (Å²) in [5.74, 6) is -0.134. The maximum absolute atomic E-state index is 12.3. The van der Waals surface area contributed by atoms with E-state index in [1.165, 1.54) is 12.8 Å². The summed E-state index contributed by atoms with van der Waals surface area (Å²) in [5, 5.41) is 13.3. The first-order valence-electron chi connectivity index (χ1n) is 9.67. The number of aryl methyl sites for hydroxylation is 1. The Kier molecular flexibility index (Phi) is 5.98. The van der Waals surface area contributed by atoms with Gasteiger partial charge < -0.3 is 25.2 Å². The van der Waals surface area contributed by atoms with E-state index < -0.39 is 5.60 Å². The molecule has 1 aromatic heterocycles. The topological polar surface area (TPSA) is 88.7 Å². The van der Waals surface area contributed by atoms with Gasteiger partial charge in [0.05, 0.1) is 13.1 Å². The van der Waals surface area contributed by atoms with Crippen molar-refractivity contribution in [3.05, 3.63) is 23.5 Å². The number of aliphatic hydroxyl groups is 1. The third-order valence-electron chi connectivity index (χ3n) is 5.33. The number of aromatic nitrogens is 1. The molecule has 2 saturated heterocycles. The van der Waals surface area contributed by atoms with E-state index >= 15 is 0 Å². The van der Waals surface area contributed by atoms with E-state index in [9.17, 15) is 14.7 Å². The Morgan fingerprint density at radius 1 is 1.31 bits per heavy atom. The first-order chi connectivity index (χ1) is 12.5. The Morgan fingerprint density at radius 3 is 2.69 bits per heavy atom. The predicted octanol–water partition coefficient (Wildman–Crippen LogP) is 0.756. The van der Waals surface area contributed by atoms with Gasteiger partial charge in [0, 0.05) is 19.2 Å². The summed E-state index contributed by atoms with van der Waals surface area (Å²) in [7, 11) is 0. The van der Waals surface area contributed by atoms with Crippen molar-refractivity contribution in [3.63, 3.8) is 0 Å². The maximum Gasteiger partial charge on any atom is 0.270 e. The van der Waals surface area contributed by atoms with Gasteiger partial charge in [-0.1, -0.05) is 6.92 Å². The van der Waals surface area contributed by atoms with Crippen LogP contribution in [0.25, 0.3) is 0 Å². The third-order valence-corrected chi connectivity index (χ3v) is 5.33. The minimum absolute atomic E-state index is 0.0284. The zero-order valence-corrected chi connectivity index (χ0v) is 15.6. The molecule has 0 unspecified atom stereocenters.